The maximum absolute atomic E-state index is 8.18. The first-order chi connectivity index (χ1) is 5.06. The Labute approximate surface area is 42.1 Å². The summed E-state index contributed by atoms with van der Waals surface area (Å²) in [5.41, 5.74) is 0. The average Bonchev–Trinajstić information content (AvgIpc) is 1.85. The lowest BCUT2D eigenvalue weighted by Gasteiger charge is -1.65. The molecule has 0 bridgehead atoms. The van der Waals surface area contributed by atoms with Crippen LogP contribution in [-0.4, -0.2) is 0 Å². The van der Waals surface area contributed by atoms with Crippen LogP contribution in [0.3, 0.4) is 0 Å². The van der Waals surface area contributed by atoms with Gasteiger partial charge in [0.15, 0.2) is 0 Å². The van der Waals surface area contributed by atoms with Crippen LogP contribution in [0.25, 0.3) is 0 Å². The predicted octanol–water partition coefficient (Wildman–Crippen LogP) is 1.31. The molecular formula is C4H7N. The maximum atomic E-state index is 8.18. The standard InChI is InChI=1S/C4H7N/c1-2-3-4-5/h2-3H2,1H3/i1D3,2D2,3D2. The Morgan fingerprint density at radius 1 is 2.40 bits per heavy atom. The Morgan fingerprint density at radius 2 is 3.20 bits per heavy atom. The molecule has 0 aromatic rings. The quantitative estimate of drug-likeness (QED) is 0.462. The fourth-order valence-electron chi connectivity index (χ4n) is 0.0280. The fourth-order valence-corrected chi connectivity index (χ4v) is 0.0280. The van der Waals surface area contributed by atoms with Gasteiger partial charge in [-0.25, -0.2) is 0 Å². The van der Waals surface area contributed by atoms with Gasteiger partial charge >= 0.3 is 0 Å². The van der Waals surface area contributed by atoms with Crippen LogP contribution >= 0.6 is 0 Å². The van der Waals surface area contributed by atoms with Crippen LogP contribution in [0.2, 0.25) is 0 Å². The Bertz CT molecular complexity index is 208. The highest BCUT2D eigenvalue weighted by atomic mass is 14.2. The first-order valence-corrected chi connectivity index (χ1v) is 0.974. The molecule has 0 N–H and O–H groups in total. The second-order valence-corrected chi connectivity index (χ2v) is 0.362. The van der Waals surface area contributed by atoms with Crippen molar-refractivity contribution in [2.75, 3.05) is 0 Å². The van der Waals surface area contributed by atoms with Gasteiger partial charge < -0.3 is 0 Å². The highest BCUT2D eigenvalue weighted by Crippen LogP contribution is 1.77. The number of rotatable bonds is 1. The van der Waals surface area contributed by atoms with Crippen LogP contribution in [-0.2, 0) is 0 Å². The molecule has 0 radical (unpaired) electrons. The van der Waals surface area contributed by atoms with Crippen LogP contribution in [0.5, 0.6) is 0 Å². The topological polar surface area (TPSA) is 23.8 Å². The summed E-state index contributed by atoms with van der Waals surface area (Å²) in [6.45, 7) is -3.13. The normalized spacial score (nSPS) is 35.4. The summed E-state index contributed by atoms with van der Waals surface area (Å²) in [6, 6.07) is 0.986. The summed E-state index contributed by atoms with van der Waals surface area (Å²) in [6.07, 6.45) is -6.15. The summed E-state index contributed by atoms with van der Waals surface area (Å²) in [4.78, 5) is 0. The molecule has 28 valence electrons. The van der Waals surface area contributed by atoms with Gasteiger partial charge in [0.05, 0.1) is 6.07 Å². The molecule has 0 aliphatic rings. The Morgan fingerprint density at radius 3 is 3.40 bits per heavy atom. The molecule has 0 aliphatic heterocycles. The van der Waals surface area contributed by atoms with Gasteiger partial charge in [-0.1, -0.05) is 6.85 Å². The molecule has 0 aromatic heterocycles. The van der Waals surface area contributed by atoms with Crippen molar-refractivity contribution < 1.29 is 9.60 Å². The van der Waals surface area contributed by atoms with E-state index in [1.807, 2.05) is 0 Å². The van der Waals surface area contributed by atoms with Gasteiger partial charge in [-0.3, -0.25) is 0 Å². The molecule has 0 saturated heterocycles. The van der Waals surface area contributed by atoms with Crippen molar-refractivity contribution in [2.24, 2.45) is 0 Å². The summed E-state index contributed by atoms with van der Waals surface area (Å²) in [5.74, 6) is 0. The second kappa shape index (κ2) is 3.49. The molecule has 0 saturated carbocycles. The summed E-state index contributed by atoms with van der Waals surface area (Å²) >= 11 is 0. The lowest BCUT2D eigenvalue weighted by molar-refractivity contribution is 0.969. The van der Waals surface area contributed by atoms with Crippen LogP contribution in [0.15, 0.2) is 0 Å². The third-order valence-corrected chi connectivity index (χ3v) is 0.118. The molecule has 0 aromatic carbocycles. The Kier molecular flexibility index (Phi) is 0.347. The summed E-state index contributed by atoms with van der Waals surface area (Å²) < 4.78 is 47.4. The zero-order valence-electron chi connectivity index (χ0n) is 9.45. The lowest BCUT2D eigenvalue weighted by atomic mass is 10.4. The largest absolute Gasteiger partial charge is 0.198 e. The van der Waals surface area contributed by atoms with E-state index in [0.29, 0.717) is 0 Å². The van der Waals surface area contributed by atoms with Crippen molar-refractivity contribution in [1.29, 1.82) is 5.26 Å². The van der Waals surface area contributed by atoms with Crippen LogP contribution in [0.4, 0.5) is 0 Å². The third-order valence-electron chi connectivity index (χ3n) is 0.118. The molecule has 0 atom stereocenters. The molecule has 0 heterocycles. The molecule has 1 heteroatoms. The van der Waals surface area contributed by atoms with Gasteiger partial charge in [-0.2, -0.15) is 5.26 Å². The smallest absolute Gasteiger partial charge is 0.0621 e. The monoisotopic (exact) mass is 76.1 g/mol. The number of hydrogen-bond donors (Lipinski definition) is 0. The van der Waals surface area contributed by atoms with Crippen molar-refractivity contribution in [3.05, 3.63) is 0 Å². The second-order valence-electron chi connectivity index (χ2n) is 0.362. The van der Waals surface area contributed by atoms with Gasteiger partial charge in [0.1, 0.15) is 0 Å². The van der Waals surface area contributed by atoms with Gasteiger partial charge in [0.25, 0.3) is 0 Å². The van der Waals surface area contributed by atoms with Gasteiger partial charge in [0.2, 0.25) is 0 Å². The molecule has 0 rings (SSSR count). The molecular weight excluding hydrogens is 62.1 g/mol. The first-order valence-electron chi connectivity index (χ1n) is 4.47. The van der Waals surface area contributed by atoms with Crippen molar-refractivity contribution in [2.45, 2.75) is 19.6 Å². The highest BCUT2D eigenvalue weighted by molar-refractivity contribution is 4.65. The minimum Gasteiger partial charge on any atom is -0.198 e. The van der Waals surface area contributed by atoms with Crippen LogP contribution < -0.4 is 0 Å². The molecule has 0 unspecified atom stereocenters. The molecule has 0 fully saturated rings. The number of nitriles is 1. The fraction of sp³-hybridized carbons (Fsp3) is 0.750. The minimum absolute atomic E-state index is 0.986. The Hall–Kier alpha value is -0.510. The zero-order chi connectivity index (χ0) is 10.2. The third kappa shape index (κ3) is 3.49. The van der Waals surface area contributed by atoms with E-state index < -0.39 is 19.6 Å². The van der Waals surface area contributed by atoms with Crippen molar-refractivity contribution >= 4 is 0 Å². The molecule has 0 amide bonds. The number of nitrogens with zero attached hydrogens (tertiary/aromatic N) is 1. The Balaban J connectivity index is 5.02. The van der Waals surface area contributed by atoms with E-state index in [1.165, 1.54) is 0 Å². The van der Waals surface area contributed by atoms with Gasteiger partial charge in [-0.15, -0.1) is 0 Å². The van der Waals surface area contributed by atoms with E-state index in [-0.39, 0.29) is 0 Å². The zero-order valence-corrected chi connectivity index (χ0v) is 2.45. The van der Waals surface area contributed by atoms with Crippen LogP contribution in [0.1, 0.15) is 29.2 Å². The van der Waals surface area contributed by atoms with Crippen molar-refractivity contribution in [1.82, 2.24) is 0 Å². The van der Waals surface area contributed by atoms with E-state index >= 15 is 0 Å². The highest BCUT2D eigenvalue weighted by Gasteiger charge is 1.65. The van der Waals surface area contributed by atoms with Crippen molar-refractivity contribution in [3.63, 3.8) is 0 Å². The number of hydrogen-bond acceptors (Lipinski definition) is 1. The minimum atomic E-state index is -3.14. The molecule has 5 heavy (non-hydrogen) atoms. The van der Waals surface area contributed by atoms with Gasteiger partial charge in [-0.05, 0) is 6.37 Å². The van der Waals surface area contributed by atoms with Crippen molar-refractivity contribution in [3.8, 4) is 6.07 Å². The van der Waals surface area contributed by atoms with E-state index in [4.69, 9.17) is 14.9 Å². The molecule has 0 spiro atoms. The summed E-state index contributed by atoms with van der Waals surface area (Å²) in [5, 5.41) is 8.18. The van der Waals surface area contributed by atoms with E-state index in [0.717, 1.165) is 6.07 Å². The van der Waals surface area contributed by atoms with Gasteiger partial charge in [0, 0.05) is 16.0 Å². The first kappa shape index (κ1) is 0.497. The van der Waals surface area contributed by atoms with Crippen LogP contribution in [0, 0.1) is 11.3 Å². The van der Waals surface area contributed by atoms with E-state index in [1.54, 1.807) is 0 Å². The lowest BCUT2D eigenvalue weighted by Crippen LogP contribution is -1.53. The maximum Gasteiger partial charge on any atom is 0.0621 e. The average molecular weight is 76.1 g/mol. The predicted molar refractivity (Wildman–Crippen MR) is 20.5 cm³/mol. The molecule has 0 aliphatic carbocycles. The van der Waals surface area contributed by atoms with E-state index in [2.05, 4.69) is 0 Å². The summed E-state index contributed by atoms with van der Waals surface area (Å²) in [7, 11) is 0. The van der Waals surface area contributed by atoms with E-state index in [9.17, 15) is 0 Å². The molecule has 1 nitrogen and oxygen atoms in total. The SMILES string of the molecule is [2H]C([2H])([2H])C([2H])([2H])C([2H])([2H])C#N.